The zero-order valence-electron chi connectivity index (χ0n) is 8.95. The second-order valence-electron chi connectivity index (χ2n) is 3.23. The molecule has 0 atom stereocenters. The molecule has 0 radical (unpaired) electrons. The number of esters is 1. The second-order valence-corrected chi connectivity index (χ2v) is 3.23. The predicted octanol–water partition coefficient (Wildman–Crippen LogP) is 1.99. The smallest absolute Gasteiger partial charge is 0.310 e. The van der Waals surface area contributed by atoms with Gasteiger partial charge >= 0.3 is 5.97 Å². The van der Waals surface area contributed by atoms with Gasteiger partial charge in [0.2, 0.25) is 0 Å². The van der Waals surface area contributed by atoms with Crippen molar-refractivity contribution in [2.75, 3.05) is 6.61 Å². The Morgan fingerprint density at radius 3 is 2.27 bits per heavy atom. The van der Waals surface area contributed by atoms with Gasteiger partial charge in [0.05, 0.1) is 13.0 Å². The highest BCUT2D eigenvalue weighted by Gasteiger charge is 2.04. The first-order valence-electron chi connectivity index (χ1n) is 4.89. The van der Waals surface area contributed by atoms with Crippen molar-refractivity contribution in [3.05, 3.63) is 35.4 Å². The molecule has 0 bridgehead atoms. The first-order chi connectivity index (χ1) is 7.13. The molecular weight excluding hydrogens is 192 g/mol. The summed E-state index contributed by atoms with van der Waals surface area (Å²) >= 11 is 0. The van der Waals surface area contributed by atoms with Crippen molar-refractivity contribution >= 4 is 11.8 Å². The van der Waals surface area contributed by atoms with E-state index >= 15 is 0 Å². The van der Waals surface area contributed by atoms with Crippen LogP contribution in [-0.2, 0) is 16.0 Å². The lowest BCUT2D eigenvalue weighted by Crippen LogP contribution is -2.07. The average molecular weight is 206 g/mol. The lowest BCUT2D eigenvalue weighted by atomic mass is 10.1. The van der Waals surface area contributed by atoms with Crippen molar-refractivity contribution in [2.45, 2.75) is 20.3 Å². The van der Waals surface area contributed by atoms with Gasteiger partial charge < -0.3 is 4.74 Å². The van der Waals surface area contributed by atoms with E-state index in [0.29, 0.717) is 12.2 Å². The second kappa shape index (κ2) is 5.29. The van der Waals surface area contributed by atoms with Crippen LogP contribution in [0.15, 0.2) is 24.3 Å². The van der Waals surface area contributed by atoms with E-state index in [-0.39, 0.29) is 18.2 Å². The quantitative estimate of drug-likeness (QED) is 0.559. The molecule has 1 aromatic rings. The molecule has 0 aromatic heterocycles. The molecule has 15 heavy (non-hydrogen) atoms. The summed E-state index contributed by atoms with van der Waals surface area (Å²) in [6, 6.07) is 6.98. The van der Waals surface area contributed by atoms with Gasteiger partial charge in [0.1, 0.15) is 0 Å². The van der Waals surface area contributed by atoms with Crippen molar-refractivity contribution in [3.63, 3.8) is 0 Å². The van der Waals surface area contributed by atoms with Crippen LogP contribution in [0.3, 0.4) is 0 Å². The Morgan fingerprint density at radius 2 is 1.80 bits per heavy atom. The largest absolute Gasteiger partial charge is 0.466 e. The molecule has 0 N–H and O–H groups in total. The highest BCUT2D eigenvalue weighted by atomic mass is 16.5. The van der Waals surface area contributed by atoms with E-state index in [9.17, 15) is 9.59 Å². The van der Waals surface area contributed by atoms with E-state index in [1.807, 2.05) is 0 Å². The minimum Gasteiger partial charge on any atom is -0.466 e. The number of hydrogen-bond acceptors (Lipinski definition) is 3. The van der Waals surface area contributed by atoms with Crippen molar-refractivity contribution in [3.8, 4) is 0 Å². The Hall–Kier alpha value is -1.64. The normalized spacial score (nSPS) is 9.73. The van der Waals surface area contributed by atoms with E-state index < -0.39 is 0 Å². The van der Waals surface area contributed by atoms with Gasteiger partial charge in [-0.3, -0.25) is 9.59 Å². The molecule has 80 valence electrons. The van der Waals surface area contributed by atoms with Gasteiger partial charge in [0, 0.05) is 5.56 Å². The summed E-state index contributed by atoms with van der Waals surface area (Å²) in [5.74, 6) is -0.217. The molecule has 0 aliphatic heterocycles. The Morgan fingerprint density at radius 1 is 1.20 bits per heavy atom. The average Bonchev–Trinajstić information content (AvgIpc) is 2.18. The van der Waals surface area contributed by atoms with Crippen molar-refractivity contribution in [2.24, 2.45) is 0 Å². The molecule has 0 saturated heterocycles. The summed E-state index contributed by atoms with van der Waals surface area (Å²) < 4.78 is 4.82. The van der Waals surface area contributed by atoms with E-state index in [0.717, 1.165) is 5.56 Å². The third-order valence-corrected chi connectivity index (χ3v) is 2.01. The number of hydrogen-bond donors (Lipinski definition) is 0. The molecule has 0 fully saturated rings. The van der Waals surface area contributed by atoms with Gasteiger partial charge in [-0.2, -0.15) is 0 Å². The minimum atomic E-state index is -0.243. The Kier molecular flexibility index (Phi) is 4.03. The minimum absolute atomic E-state index is 0.0256. The van der Waals surface area contributed by atoms with Crippen molar-refractivity contribution in [1.29, 1.82) is 0 Å². The summed E-state index contributed by atoms with van der Waals surface area (Å²) in [6.07, 6.45) is 0.256. The number of carbonyl (C=O) groups excluding carboxylic acids is 2. The van der Waals surface area contributed by atoms with Crippen molar-refractivity contribution < 1.29 is 14.3 Å². The Labute approximate surface area is 89.1 Å². The van der Waals surface area contributed by atoms with Gasteiger partial charge in [0.15, 0.2) is 5.78 Å². The first kappa shape index (κ1) is 11.4. The summed E-state index contributed by atoms with van der Waals surface area (Å²) in [5.41, 5.74) is 1.51. The number of Topliss-reactive ketones (excluding diaryl/α,β-unsaturated/α-hetero) is 1. The SMILES string of the molecule is CCOC(=O)Cc1ccc(C(C)=O)cc1. The number of benzene rings is 1. The highest BCUT2D eigenvalue weighted by Crippen LogP contribution is 2.06. The molecule has 1 aromatic carbocycles. The maximum Gasteiger partial charge on any atom is 0.310 e. The van der Waals surface area contributed by atoms with Crippen LogP contribution < -0.4 is 0 Å². The number of ether oxygens (including phenoxy) is 1. The number of ketones is 1. The van der Waals surface area contributed by atoms with Gasteiger partial charge in [0.25, 0.3) is 0 Å². The maximum atomic E-state index is 11.1. The Bertz CT molecular complexity index is 352. The lowest BCUT2D eigenvalue weighted by molar-refractivity contribution is -0.142. The van der Waals surface area contributed by atoms with Crippen LogP contribution in [0.4, 0.5) is 0 Å². The van der Waals surface area contributed by atoms with Crippen LogP contribution >= 0.6 is 0 Å². The summed E-state index contributed by atoms with van der Waals surface area (Å²) in [5, 5.41) is 0. The fourth-order valence-corrected chi connectivity index (χ4v) is 1.24. The standard InChI is InChI=1S/C12H14O3/c1-3-15-12(14)8-10-4-6-11(7-5-10)9(2)13/h4-7H,3,8H2,1-2H3. The molecule has 0 unspecified atom stereocenters. The van der Waals surface area contributed by atoms with E-state index in [2.05, 4.69) is 0 Å². The lowest BCUT2D eigenvalue weighted by Gasteiger charge is -2.02. The van der Waals surface area contributed by atoms with Gasteiger partial charge in [-0.25, -0.2) is 0 Å². The maximum absolute atomic E-state index is 11.1. The molecule has 0 amide bonds. The van der Waals surface area contributed by atoms with Crippen LogP contribution in [0.25, 0.3) is 0 Å². The van der Waals surface area contributed by atoms with Crippen LogP contribution in [-0.4, -0.2) is 18.4 Å². The molecule has 3 nitrogen and oxygen atoms in total. The molecule has 0 aliphatic carbocycles. The molecule has 1 rings (SSSR count). The topological polar surface area (TPSA) is 43.4 Å². The van der Waals surface area contributed by atoms with E-state index in [4.69, 9.17) is 4.74 Å². The fourth-order valence-electron chi connectivity index (χ4n) is 1.24. The third-order valence-electron chi connectivity index (χ3n) is 2.01. The van der Waals surface area contributed by atoms with Crippen molar-refractivity contribution in [1.82, 2.24) is 0 Å². The van der Waals surface area contributed by atoms with Gasteiger partial charge in [-0.15, -0.1) is 0 Å². The van der Waals surface area contributed by atoms with Crippen LogP contribution in [0.5, 0.6) is 0 Å². The molecule has 0 heterocycles. The zero-order valence-corrected chi connectivity index (χ0v) is 8.95. The summed E-state index contributed by atoms with van der Waals surface area (Å²) in [4.78, 5) is 22.1. The third kappa shape index (κ3) is 3.54. The van der Waals surface area contributed by atoms with Crippen LogP contribution in [0, 0.1) is 0 Å². The zero-order chi connectivity index (χ0) is 11.3. The van der Waals surface area contributed by atoms with Gasteiger partial charge in [-0.1, -0.05) is 24.3 Å². The summed E-state index contributed by atoms with van der Waals surface area (Å²) in [7, 11) is 0. The number of rotatable bonds is 4. The first-order valence-corrected chi connectivity index (χ1v) is 4.89. The molecule has 0 saturated carbocycles. The molecule has 3 heteroatoms. The molecule has 0 aliphatic rings. The predicted molar refractivity (Wildman–Crippen MR) is 56.8 cm³/mol. The van der Waals surface area contributed by atoms with Crippen LogP contribution in [0.2, 0.25) is 0 Å². The molecule has 0 spiro atoms. The fraction of sp³-hybridized carbons (Fsp3) is 0.333. The van der Waals surface area contributed by atoms with Crippen LogP contribution in [0.1, 0.15) is 29.8 Å². The van der Waals surface area contributed by atoms with E-state index in [1.54, 1.807) is 31.2 Å². The summed E-state index contributed by atoms with van der Waals surface area (Å²) in [6.45, 7) is 3.68. The monoisotopic (exact) mass is 206 g/mol. The molecular formula is C12H14O3. The van der Waals surface area contributed by atoms with E-state index in [1.165, 1.54) is 6.92 Å². The Balaban J connectivity index is 2.64. The van der Waals surface area contributed by atoms with Gasteiger partial charge in [-0.05, 0) is 19.4 Å². The highest BCUT2D eigenvalue weighted by molar-refractivity contribution is 5.94. The number of carbonyl (C=O) groups is 2.